The summed E-state index contributed by atoms with van der Waals surface area (Å²) in [6.45, 7) is 7.85. The van der Waals surface area contributed by atoms with Crippen molar-refractivity contribution in [3.63, 3.8) is 0 Å². The number of nitriles is 2. The normalized spacial score (nSPS) is 12.5. The zero-order chi connectivity index (χ0) is 16.8. The quantitative estimate of drug-likeness (QED) is 0.667. The van der Waals surface area contributed by atoms with Gasteiger partial charge in [0.2, 0.25) is 0 Å². The lowest BCUT2D eigenvalue weighted by molar-refractivity contribution is 0.658. The molecule has 0 amide bonds. The van der Waals surface area contributed by atoms with Gasteiger partial charge in [0.25, 0.3) is 0 Å². The highest BCUT2D eigenvalue weighted by atomic mass is 14.9. The fourth-order valence-electron chi connectivity index (χ4n) is 1.87. The molecule has 0 unspecified atom stereocenters. The Hall–Kier alpha value is -2.66. The lowest BCUT2D eigenvalue weighted by Crippen LogP contribution is -2.19. The number of hydrogen-bond acceptors (Lipinski definition) is 3. The maximum Gasteiger partial charge on any atom is 0.112 e. The predicted octanol–water partition coefficient (Wildman–Crippen LogP) is 2.80. The van der Waals surface area contributed by atoms with Crippen LogP contribution in [0.25, 0.3) is 0 Å². The van der Waals surface area contributed by atoms with Gasteiger partial charge in [-0.3, -0.25) is 4.99 Å². The van der Waals surface area contributed by atoms with Crippen molar-refractivity contribution in [2.45, 2.75) is 45.1 Å². The van der Waals surface area contributed by atoms with Crippen LogP contribution in [0.4, 0.5) is 0 Å². The van der Waals surface area contributed by atoms with Crippen molar-refractivity contribution >= 4 is 12.7 Å². The third kappa shape index (κ3) is 4.17. The second-order valence-corrected chi connectivity index (χ2v) is 6.15. The number of aliphatic imine (C=N–C) groups is 2. The summed E-state index contributed by atoms with van der Waals surface area (Å²) in [7, 11) is 0. The minimum absolute atomic E-state index is 0.418. The van der Waals surface area contributed by atoms with E-state index in [2.05, 4.69) is 22.1 Å². The first-order chi connectivity index (χ1) is 10.3. The van der Waals surface area contributed by atoms with Crippen molar-refractivity contribution in [1.82, 2.24) is 0 Å². The molecule has 0 saturated carbocycles. The third-order valence-electron chi connectivity index (χ3n) is 3.50. The second-order valence-electron chi connectivity index (χ2n) is 6.15. The van der Waals surface area contributed by atoms with E-state index in [0.717, 1.165) is 16.7 Å². The van der Waals surface area contributed by atoms with E-state index < -0.39 is 10.8 Å². The minimum Gasteiger partial charge on any atom is -0.390 e. The number of nitrogens with zero attached hydrogens (tertiary/aromatic N) is 4. The Morgan fingerprint density at radius 2 is 1.55 bits per heavy atom. The smallest absolute Gasteiger partial charge is 0.112 e. The van der Waals surface area contributed by atoms with Crippen LogP contribution in [0, 0.1) is 22.7 Å². The van der Waals surface area contributed by atoms with Crippen LogP contribution in [0.15, 0.2) is 28.2 Å². The Balaban J connectivity index is 3.34. The van der Waals surface area contributed by atoms with Crippen molar-refractivity contribution in [3.05, 3.63) is 34.9 Å². The molecule has 114 valence electrons. The summed E-state index contributed by atoms with van der Waals surface area (Å²) < 4.78 is 0. The number of hydrogen-bond donors (Lipinski definition) is 1. The van der Waals surface area contributed by atoms with Gasteiger partial charge in [-0.1, -0.05) is 18.2 Å². The second kappa shape index (κ2) is 6.87. The maximum atomic E-state index is 9.36. The molecule has 0 bridgehead atoms. The molecule has 0 saturated heterocycles. The Bertz CT molecular complexity index is 625. The summed E-state index contributed by atoms with van der Waals surface area (Å²) >= 11 is 0. The fourth-order valence-corrected chi connectivity index (χ4v) is 1.87. The molecule has 0 radical (unpaired) electrons. The van der Waals surface area contributed by atoms with Crippen molar-refractivity contribution in [2.75, 3.05) is 0 Å². The lowest BCUT2D eigenvalue weighted by atomic mass is 9.79. The molecule has 1 aromatic rings. The largest absolute Gasteiger partial charge is 0.390 e. The van der Waals surface area contributed by atoms with Gasteiger partial charge in [-0.15, -0.1) is 0 Å². The van der Waals surface area contributed by atoms with Crippen molar-refractivity contribution in [3.8, 4) is 12.1 Å². The van der Waals surface area contributed by atoms with E-state index in [9.17, 15) is 10.5 Å². The zero-order valence-corrected chi connectivity index (χ0v) is 13.5. The van der Waals surface area contributed by atoms with Crippen LogP contribution in [-0.4, -0.2) is 12.7 Å². The average Bonchev–Trinajstić information content (AvgIpc) is 2.51. The first-order valence-corrected chi connectivity index (χ1v) is 6.96. The lowest BCUT2D eigenvalue weighted by Gasteiger charge is -2.22. The zero-order valence-electron chi connectivity index (χ0n) is 13.5. The van der Waals surface area contributed by atoms with Crippen LogP contribution in [0.3, 0.4) is 0 Å². The monoisotopic (exact) mass is 295 g/mol. The van der Waals surface area contributed by atoms with Gasteiger partial charge in [0.05, 0.1) is 35.9 Å². The van der Waals surface area contributed by atoms with Gasteiger partial charge < -0.3 is 5.73 Å². The summed E-state index contributed by atoms with van der Waals surface area (Å²) in [6, 6.07) is 10.4. The molecular formula is C17H21N5. The minimum atomic E-state index is -0.630. The van der Waals surface area contributed by atoms with E-state index in [1.54, 1.807) is 0 Å². The summed E-state index contributed by atoms with van der Waals surface area (Å²) in [5.41, 5.74) is 6.58. The molecule has 0 aliphatic heterocycles. The van der Waals surface area contributed by atoms with Crippen LogP contribution in [0.5, 0.6) is 0 Å². The van der Waals surface area contributed by atoms with E-state index in [0.29, 0.717) is 6.54 Å². The summed E-state index contributed by atoms with van der Waals surface area (Å²) in [5, 5.41) is 18.7. The van der Waals surface area contributed by atoms with Crippen LogP contribution in [-0.2, 0) is 17.4 Å². The summed E-state index contributed by atoms with van der Waals surface area (Å²) in [4.78, 5) is 7.88. The first-order valence-electron chi connectivity index (χ1n) is 6.96. The van der Waals surface area contributed by atoms with E-state index in [1.807, 2.05) is 45.9 Å². The van der Waals surface area contributed by atoms with Crippen LogP contribution < -0.4 is 5.73 Å². The highest BCUT2D eigenvalue weighted by Crippen LogP contribution is 2.30. The molecule has 0 heterocycles. The molecule has 0 spiro atoms. The molecule has 0 fully saturated rings. The number of nitrogens with two attached hydrogens (primary N) is 1. The molecular weight excluding hydrogens is 274 g/mol. The molecule has 0 aromatic heterocycles. The molecule has 2 N–H and O–H groups in total. The maximum absolute atomic E-state index is 9.36. The molecule has 0 aliphatic carbocycles. The van der Waals surface area contributed by atoms with E-state index >= 15 is 0 Å². The highest BCUT2D eigenvalue weighted by Gasteiger charge is 2.25. The Kier molecular flexibility index (Phi) is 5.43. The van der Waals surface area contributed by atoms with Crippen LogP contribution >= 0.6 is 0 Å². The van der Waals surface area contributed by atoms with Gasteiger partial charge in [0, 0.05) is 0 Å². The molecule has 0 aliphatic rings. The van der Waals surface area contributed by atoms with E-state index in [-0.39, 0.29) is 0 Å². The van der Waals surface area contributed by atoms with Gasteiger partial charge in [-0.2, -0.15) is 10.5 Å². The average molecular weight is 295 g/mol. The van der Waals surface area contributed by atoms with Gasteiger partial charge in [-0.25, -0.2) is 4.99 Å². The Morgan fingerprint density at radius 1 is 1.05 bits per heavy atom. The number of rotatable bonds is 5. The third-order valence-corrected chi connectivity index (χ3v) is 3.50. The van der Waals surface area contributed by atoms with Crippen LogP contribution in [0.1, 0.15) is 44.4 Å². The summed E-state index contributed by atoms with van der Waals surface area (Å²) in [5.74, 6) is 0. The standard InChI is InChI=1S/C17H21N5/c1-16(2,9-18)14-5-13(8-21-12-22-11-20)6-15(7-14)17(3,4)10-19/h5-7,11-12H,8H2,1-4H3,(H2,20,21,22). The van der Waals surface area contributed by atoms with E-state index in [4.69, 9.17) is 5.73 Å². The van der Waals surface area contributed by atoms with Gasteiger partial charge in [-0.05, 0) is 44.4 Å². The summed E-state index contributed by atoms with van der Waals surface area (Å²) in [6.07, 6.45) is 2.56. The highest BCUT2D eigenvalue weighted by molar-refractivity contribution is 5.69. The molecule has 22 heavy (non-hydrogen) atoms. The molecule has 0 atom stereocenters. The first kappa shape index (κ1) is 17.4. The predicted molar refractivity (Wildman–Crippen MR) is 88.6 cm³/mol. The Labute approximate surface area is 131 Å². The van der Waals surface area contributed by atoms with Gasteiger partial charge in [0.15, 0.2) is 0 Å². The molecule has 5 nitrogen and oxygen atoms in total. The fraction of sp³-hybridized carbons (Fsp3) is 0.412. The van der Waals surface area contributed by atoms with Gasteiger partial charge in [0.1, 0.15) is 6.34 Å². The van der Waals surface area contributed by atoms with Gasteiger partial charge >= 0.3 is 0 Å². The van der Waals surface area contributed by atoms with E-state index in [1.165, 1.54) is 12.7 Å². The van der Waals surface area contributed by atoms with Crippen molar-refractivity contribution in [1.29, 1.82) is 10.5 Å². The topological polar surface area (TPSA) is 98.3 Å². The van der Waals surface area contributed by atoms with Crippen molar-refractivity contribution in [2.24, 2.45) is 15.7 Å². The van der Waals surface area contributed by atoms with Crippen molar-refractivity contribution < 1.29 is 0 Å². The van der Waals surface area contributed by atoms with Crippen LogP contribution in [0.2, 0.25) is 0 Å². The molecule has 1 aromatic carbocycles. The molecule has 5 heteroatoms. The Morgan fingerprint density at radius 3 is 1.95 bits per heavy atom. The number of benzene rings is 1. The SMILES string of the molecule is CC(C)(C#N)c1cc(CN=CN=CN)cc(C(C)(C)C#N)c1. The molecule has 1 rings (SSSR count).